The SMILES string of the molecule is CNC(=O)C(CCN)CC(=O)C(NC(=O)C(CCN)CC(=O)Cc1ccccc1Cl)C(C)O. The molecule has 7 N–H and O–H groups in total. The molecule has 1 aromatic rings. The summed E-state index contributed by atoms with van der Waals surface area (Å²) < 4.78 is 0. The van der Waals surface area contributed by atoms with Gasteiger partial charge in [0.05, 0.1) is 6.10 Å². The predicted octanol–water partition coefficient (Wildman–Crippen LogP) is 0.343. The number of hydrogen-bond acceptors (Lipinski definition) is 7. The Morgan fingerprint density at radius 3 is 2.09 bits per heavy atom. The number of benzene rings is 1. The van der Waals surface area contributed by atoms with Gasteiger partial charge in [-0.2, -0.15) is 0 Å². The van der Waals surface area contributed by atoms with Gasteiger partial charge in [0.2, 0.25) is 11.8 Å². The first-order valence-electron chi connectivity index (χ1n) is 11.0. The molecule has 184 valence electrons. The lowest BCUT2D eigenvalue weighted by atomic mass is 9.91. The van der Waals surface area contributed by atoms with Gasteiger partial charge >= 0.3 is 0 Å². The van der Waals surface area contributed by atoms with E-state index in [9.17, 15) is 24.3 Å². The van der Waals surface area contributed by atoms with Gasteiger partial charge in [-0.3, -0.25) is 19.2 Å². The second-order valence-electron chi connectivity index (χ2n) is 8.07. The molecular weight excluding hydrogens is 448 g/mol. The van der Waals surface area contributed by atoms with E-state index in [1.54, 1.807) is 24.3 Å². The molecule has 0 saturated carbocycles. The molecule has 0 saturated heterocycles. The number of nitrogens with one attached hydrogen (secondary N) is 2. The van der Waals surface area contributed by atoms with E-state index in [4.69, 9.17) is 23.1 Å². The van der Waals surface area contributed by atoms with E-state index in [0.717, 1.165) is 0 Å². The summed E-state index contributed by atoms with van der Waals surface area (Å²) in [7, 11) is 1.46. The van der Waals surface area contributed by atoms with Gasteiger partial charge in [0.25, 0.3) is 0 Å². The van der Waals surface area contributed by atoms with Gasteiger partial charge in [-0.15, -0.1) is 0 Å². The van der Waals surface area contributed by atoms with Crippen LogP contribution in [-0.2, 0) is 25.6 Å². The molecular formula is C23H35ClN4O5. The van der Waals surface area contributed by atoms with Crippen LogP contribution in [0.25, 0.3) is 0 Å². The largest absolute Gasteiger partial charge is 0.391 e. The molecule has 1 rings (SSSR count). The number of carbonyl (C=O) groups is 4. The molecule has 0 fully saturated rings. The van der Waals surface area contributed by atoms with Crippen molar-refractivity contribution in [1.82, 2.24) is 10.6 Å². The number of aliphatic hydroxyl groups is 1. The van der Waals surface area contributed by atoms with Crippen molar-refractivity contribution >= 4 is 35.0 Å². The summed E-state index contributed by atoms with van der Waals surface area (Å²) in [5.74, 6) is -3.01. The highest BCUT2D eigenvalue weighted by atomic mass is 35.5. The topological polar surface area (TPSA) is 165 Å². The zero-order chi connectivity index (χ0) is 25.0. The molecule has 0 aliphatic carbocycles. The van der Waals surface area contributed by atoms with Crippen LogP contribution >= 0.6 is 11.6 Å². The molecule has 0 heterocycles. The monoisotopic (exact) mass is 482 g/mol. The van der Waals surface area contributed by atoms with E-state index in [2.05, 4.69) is 10.6 Å². The number of halogens is 1. The van der Waals surface area contributed by atoms with Gasteiger partial charge in [-0.05, 0) is 44.5 Å². The Labute approximate surface area is 199 Å². The van der Waals surface area contributed by atoms with Gasteiger partial charge in [-0.1, -0.05) is 29.8 Å². The summed E-state index contributed by atoms with van der Waals surface area (Å²) in [5, 5.41) is 15.6. The first kappa shape index (κ1) is 28.7. The van der Waals surface area contributed by atoms with Crippen molar-refractivity contribution in [3.8, 4) is 0 Å². The van der Waals surface area contributed by atoms with Crippen molar-refractivity contribution in [2.24, 2.45) is 23.3 Å². The number of ketones is 2. The van der Waals surface area contributed by atoms with Crippen LogP contribution in [0, 0.1) is 11.8 Å². The van der Waals surface area contributed by atoms with Crippen LogP contribution in [0.2, 0.25) is 5.02 Å². The fraction of sp³-hybridized carbons (Fsp3) is 0.565. The zero-order valence-corrected chi connectivity index (χ0v) is 19.9. The van der Waals surface area contributed by atoms with Crippen molar-refractivity contribution in [3.63, 3.8) is 0 Å². The Kier molecular flexibility index (Phi) is 12.8. The van der Waals surface area contributed by atoms with E-state index in [1.807, 2.05) is 0 Å². The molecule has 1 aromatic carbocycles. The summed E-state index contributed by atoms with van der Waals surface area (Å²) in [4.78, 5) is 50.3. The highest BCUT2D eigenvalue weighted by Crippen LogP contribution is 2.19. The predicted molar refractivity (Wildman–Crippen MR) is 126 cm³/mol. The van der Waals surface area contributed by atoms with Gasteiger partial charge in [0, 0.05) is 43.2 Å². The van der Waals surface area contributed by atoms with E-state index >= 15 is 0 Å². The van der Waals surface area contributed by atoms with Gasteiger partial charge in [-0.25, -0.2) is 0 Å². The second-order valence-corrected chi connectivity index (χ2v) is 8.48. The molecule has 4 unspecified atom stereocenters. The quantitative estimate of drug-likeness (QED) is 0.240. The average molecular weight is 483 g/mol. The van der Waals surface area contributed by atoms with E-state index in [-0.39, 0.29) is 56.9 Å². The molecule has 2 amide bonds. The van der Waals surface area contributed by atoms with Crippen LogP contribution < -0.4 is 22.1 Å². The van der Waals surface area contributed by atoms with Gasteiger partial charge in [0.1, 0.15) is 11.8 Å². The number of Topliss-reactive ketones (excluding diaryl/α,β-unsaturated/α-hetero) is 2. The first-order valence-corrected chi connectivity index (χ1v) is 11.4. The van der Waals surface area contributed by atoms with Crippen molar-refractivity contribution in [3.05, 3.63) is 34.9 Å². The lowest BCUT2D eigenvalue weighted by Gasteiger charge is -2.25. The number of rotatable bonds is 15. The van der Waals surface area contributed by atoms with Crippen molar-refractivity contribution in [1.29, 1.82) is 0 Å². The zero-order valence-electron chi connectivity index (χ0n) is 19.2. The summed E-state index contributed by atoms with van der Waals surface area (Å²) >= 11 is 6.11. The third-order valence-electron chi connectivity index (χ3n) is 5.41. The number of amides is 2. The molecule has 4 atom stereocenters. The lowest BCUT2D eigenvalue weighted by Crippen LogP contribution is -2.51. The Morgan fingerprint density at radius 2 is 1.58 bits per heavy atom. The molecule has 0 radical (unpaired) electrons. The standard InChI is InChI=1S/C23H35ClN4O5/c1-14(29)21(20(31)13-17(8-10-26)22(32)27-2)28-23(33)16(7-9-25)12-18(30)11-15-5-3-4-6-19(15)24/h3-6,14,16-17,21,29H,7-13,25-26H2,1-2H3,(H,27,32)(H,28,33). The fourth-order valence-corrected chi connectivity index (χ4v) is 3.77. The average Bonchev–Trinajstić information content (AvgIpc) is 2.77. The molecule has 0 spiro atoms. The minimum atomic E-state index is -1.22. The second kappa shape index (κ2) is 14.7. The Bertz CT molecular complexity index is 818. The number of hydrogen-bond donors (Lipinski definition) is 5. The fourth-order valence-electron chi connectivity index (χ4n) is 3.57. The van der Waals surface area contributed by atoms with E-state index < -0.39 is 35.7 Å². The van der Waals surface area contributed by atoms with Crippen LogP contribution in [0.3, 0.4) is 0 Å². The minimum Gasteiger partial charge on any atom is -0.391 e. The Morgan fingerprint density at radius 1 is 1.00 bits per heavy atom. The summed E-state index contributed by atoms with van der Waals surface area (Å²) in [6, 6.07) is 5.74. The highest BCUT2D eigenvalue weighted by Gasteiger charge is 2.32. The van der Waals surface area contributed by atoms with Crippen LogP contribution in [0.4, 0.5) is 0 Å². The molecule has 0 aliphatic rings. The highest BCUT2D eigenvalue weighted by molar-refractivity contribution is 6.31. The van der Waals surface area contributed by atoms with Crippen LogP contribution in [0.5, 0.6) is 0 Å². The normalized spacial score (nSPS) is 14.6. The Balaban J connectivity index is 2.87. The van der Waals surface area contributed by atoms with Crippen molar-refractivity contribution < 1.29 is 24.3 Å². The third kappa shape index (κ3) is 9.59. The van der Waals surface area contributed by atoms with E-state index in [1.165, 1.54) is 14.0 Å². The minimum absolute atomic E-state index is 0.0691. The Hall–Kier alpha value is -2.33. The molecule has 33 heavy (non-hydrogen) atoms. The maximum atomic E-state index is 12.9. The molecule has 0 aromatic heterocycles. The third-order valence-corrected chi connectivity index (χ3v) is 5.78. The first-order chi connectivity index (χ1) is 15.6. The lowest BCUT2D eigenvalue weighted by molar-refractivity contribution is -0.135. The number of carbonyl (C=O) groups excluding carboxylic acids is 4. The molecule has 0 aliphatic heterocycles. The summed E-state index contributed by atoms with van der Waals surface area (Å²) in [6.45, 7) is 1.75. The number of aliphatic hydroxyl groups excluding tert-OH is 1. The molecule has 0 bridgehead atoms. The van der Waals surface area contributed by atoms with E-state index in [0.29, 0.717) is 10.6 Å². The molecule has 9 nitrogen and oxygen atoms in total. The summed E-state index contributed by atoms with van der Waals surface area (Å²) in [6.07, 6.45) is -0.864. The van der Waals surface area contributed by atoms with Gasteiger partial charge < -0.3 is 27.2 Å². The maximum Gasteiger partial charge on any atom is 0.224 e. The smallest absolute Gasteiger partial charge is 0.224 e. The van der Waals surface area contributed by atoms with Crippen molar-refractivity contribution in [2.45, 2.75) is 51.2 Å². The van der Waals surface area contributed by atoms with Crippen LogP contribution in [-0.4, -0.2) is 60.8 Å². The summed E-state index contributed by atoms with van der Waals surface area (Å²) in [5.41, 5.74) is 11.8. The maximum absolute atomic E-state index is 12.9. The van der Waals surface area contributed by atoms with Crippen molar-refractivity contribution in [2.75, 3.05) is 20.1 Å². The van der Waals surface area contributed by atoms with Crippen LogP contribution in [0.1, 0.15) is 38.2 Å². The van der Waals surface area contributed by atoms with Crippen LogP contribution in [0.15, 0.2) is 24.3 Å². The van der Waals surface area contributed by atoms with Gasteiger partial charge in [0.15, 0.2) is 5.78 Å². The molecule has 10 heteroatoms. The number of nitrogens with two attached hydrogens (primary N) is 2.